The van der Waals surface area contributed by atoms with Crippen LogP contribution in [0.25, 0.3) is 5.82 Å². The molecule has 1 amide bonds. The van der Waals surface area contributed by atoms with Crippen molar-refractivity contribution in [1.29, 1.82) is 0 Å². The highest BCUT2D eigenvalue weighted by atomic mass is 16.1. The zero-order chi connectivity index (χ0) is 13.7. The average molecular weight is 259 g/mol. The van der Waals surface area contributed by atoms with E-state index in [1.54, 1.807) is 41.5 Å². The number of nitrogens with two attached hydrogens (primary N) is 1. The Morgan fingerprint density at radius 3 is 2.95 bits per heavy atom. The normalized spacial score (nSPS) is 12.1. The number of nitrogens with one attached hydrogen (secondary N) is 1. The second-order valence-electron chi connectivity index (χ2n) is 4.16. The second kappa shape index (κ2) is 6.10. The van der Waals surface area contributed by atoms with Crippen LogP contribution in [0.15, 0.2) is 36.8 Å². The second-order valence-corrected chi connectivity index (χ2v) is 4.16. The van der Waals surface area contributed by atoms with E-state index in [2.05, 4.69) is 15.4 Å². The number of carbonyl (C=O) groups is 1. The molecule has 3 N–H and O–H groups in total. The van der Waals surface area contributed by atoms with Crippen LogP contribution in [0.3, 0.4) is 0 Å². The van der Waals surface area contributed by atoms with Crippen LogP contribution in [0.4, 0.5) is 5.69 Å². The highest BCUT2D eigenvalue weighted by Crippen LogP contribution is 2.17. The van der Waals surface area contributed by atoms with Gasteiger partial charge in [-0.3, -0.25) is 4.79 Å². The fourth-order valence-corrected chi connectivity index (χ4v) is 1.77. The summed E-state index contributed by atoms with van der Waals surface area (Å²) in [7, 11) is 0. The summed E-state index contributed by atoms with van der Waals surface area (Å²) in [5.41, 5.74) is 6.20. The molecule has 0 radical (unpaired) electrons. The van der Waals surface area contributed by atoms with Gasteiger partial charge in [-0.1, -0.05) is 6.92 Å². The fraction of sp³-hybridized carbons (Fsp3) is 0.308. The molecule has 0 aliphatic rings. The molecule has 0 aromatic carbocycles. The number of hydrogen-bond acceptors (Lipinski definition) is 4. The molecule has 100 valence electrons. The van der Waals surface area contributed by atoms with Crippen LogP contribution in [-0.4, -0.2) is 27.2 Å². The first-order valence-electron chi connectivity index (χ1n) is 6.22. The number of hydrogen-bond donors (Lipinski definition) is 2. The summed E-state index contributed by atoms with van der Waals surface area (Å²) >= 11 is 0. The molecule has 0 aliphatic carbocycles. The van der Waals surface area contributed by atoms with Crippen molar-refractivity contribution in [2.45, 2.75) is 13.3 Å². The molecule has 2 aromatic heterocycles. The number of nitrogens with zero attached hydrogens (tertiary/aromatic N) is 3. The number of pyridine rings is 1. The largest absolute Gasteiger partial charge is 0.330 e. The summed E-state index contributed by atoms with van der Waals surface area (Å²) < 4.78 is 1.61. The maximum Gasteiger partial charge on any atom is 0.228 e. The fourth-order valence-electron chi connectivity index (χ4n) is 1.77. The Hall–Kier alpha value is -2.21. The predicted molar refractivity (Wildman–Crippen MR) is 72.8 cm³/mol. The third kappa shape index (κ3) is 2.97. The van der Waals surface area contributed by atoms with Gasteiger partial charge in [0, 0.05) is 25.1 Å². The van der Waals surface area contributed by atoms with E-state index in [4.69, 9.17) is 5.73 Å². The van der Waals surface area contributed by atoms with Gasteiger partial charge in [-0.05, 0) is 24.6 Å². The summed E-state index contributed by atoms with van der Waals surface area (Å²) in [6.45, 7) is 2.27. The molecule has 6 heteroatoms. The highest BCUT2D eigenvalue weighted by Gasteiger charge is 2.16. The SMILES string of the molecule is CCC(CN)C(=O)Nc1cccnc1-n1cccn1. The van der Waals surface area contributed by atoms with Crippen molar-refractivity contribution in [3.63, 3.8) is 0 Å². The van der Waals surface area contributed by atoms with Crippen LogP contribution in [0.2, 0.25) is 0 Å². The number of carbonyl (C=O) groups excluding carboxylic acids is 1. The number of anilines is 1. The minimum atomic E-state index is -0.189. The molecule has 0 saturated heterocycles. The zero-order valence-corrected chi connectivity index (χ0v) is 10.8. The van der Waals surface area contributed by atoms with Gasteiger partial charge < -0.3 is 11.1 Å². The van der Waals surface area contributed by atoms with Crippen molar-refractivity contribution < 1.29 is 4.79 Å². The van der Waals surface area contributed by atoms with Crippen molar-refractivity contribution in [1.82, 2.24) is 14.8 Å². The lowest BCUT2D eigenvalue weighted by Crippen LogP contribution is -2.29. The lowest BCUT2D eigenvalue weighted by molar-refractivity contribution is -0.119. The first kappa shape index (κ1) is 13.2. The topological polar surface area (TPSA) is 85.8 Å². The molecule has 0 bridgehead atoms. The van der Waals surface area contributed by atoms with E-state index in [0.717, 1.165) is 0 Å². The number of aromatic nitrogens is 3. The molecule has 0 saturated carbocycles. The van der Waals surface area contributed by atoms with Gasteiger partial charge in [0.2, 0.25) is 5.91 Å². The van der Waals surface area contributed by atoms with Gasteiger partial charge in [0.15, 0.2) is 5.82 Å². The molecular formula is C13H17N5O. The summed E-state index contributed by atoms with van der Waals surface area (Å²) in [5.74, 6) is 0.310. The highest BCUT2D eigenvalue weighted by molar-refractivity contribution is 5.94. The van der Waals surface area contributed by atoms with E-state index < -0.39 is 0 Å². The lowest BCUT2D eigenvalue weighted by atomic mass is 10.1. The van der Waals surface area contributed by atoms with Gasteiger partial charge in [0.1, 0.15) is 0 Å². The maximum atomic E-state index is 12.0. The predicted octanol–water partition coefficient (Wildman–Crippen LogP) is 1.19. The van der Waals surface area contributed by atoms with Crippen LogP contribution in [0, 0.1) is 5.92 Å². The maximum absolute atomic E-state index is 12.0. The van der Waals surface area contributed by atoms with Crippen LogP contribution in [0.5, 0.6) is 0 Å². The minimum absolute atomic E-state index is 0.0913. The first-order valence-corrected chi connectivity index (χ1v) is 6.22. The van der Waals surface area contributed by atoms with E-state index >= 15 is 0 Å². The van der Waals surface area contributed by atoms with Gasteiger partial charge >= 0.3 is 0 Å². The molecule has 6 nitrogen and oxygen atoms in total. The minimum Gasteiger partial charge on any atom is -0.330 e. The zero-order valence-electron chi connectivity index (χ0n) is 10.8. The van der Waals surface area contributed by atoms with Crippen LogP contribution >= 0.6 is 0 Å². The first-order chi connectivity index (χ1) is 9.26. The van der Waals surface area contributed by atoms with Gasteiger partial charge in [0.05, 0.1) is 11.6 Å². The summed E-state index contributed by atoms with van der Waals surface area (Å²) in [6.07, 6.45) is 5.81. The molecule has 0 fully saturated rings. The standard InChI is InChI=1S/C13H17N5O/c1-2-10(9-14)13(19)17-11-5-3-6-15-12(11)18-8-4-7-16-18/h3-8,10H,2,9,14H2,1H3,(H,17,19). The summed E-state index contributed by atoms with van der Waals surface area (Å²) in [5, 5.41) is 6.98. The van der Waals surface area contributed by atoms with E-state index in [1.807, 2.05) is 6.92 Å². The van der Waals surface area contributed by atoms with Gasteiger partial charge in [-0.15, -0.1) is 0 Å². The molecule has 19 heavy (non-hydrogen) atoms. The van der Waals surface area contributed by atoms with Gasteiger partial charge in [0.25, 0.3) is 0 Å². The Labute approximate surface area is 111 Å². The van der Waals surface area contributed by atoms with Crippen molar-refractivity contribution in [2.24, 2.45) is 11.7 Å². The summed E-state index contributed by atoms with van der Waals surface area (Å²) in [4.78, 5) is 16.3. The third-order valence-electron chi connectivity index (χ3n) is 2.91. The molecule has 2 aromatic rings. The van der Waals surface area contributed by atoms with Gasteiger partial charge in [-0.2, -0.15) is 5.10 Å². The van der Waals surface area contributed by atoms with Gasteiger partial charge in [-0.25, -0.2) is 9.67 Å². The number of rotatable bonds is 5. The molecular weight excluding hydrogens is 242 g/mol. The van der Waals surface area contributed by atoms with Crippen LogP contribution in [-0.2, 0) is 4.79 Å². The average Bonchev–Trinajstić information content (AvgIpc) is 2.94. The monoisotopic (exact) mass is 259 g/mol. The van der Waals surface area contributed by atoms with E-state index in [0.29, 0.717) is 24.5 Å². The molecule has 1 atom stereocenters. The smallest absolute Gasteiger partial charge is 0.228 e. The third-order valence-corrected chi connectivity index (χ3v) is 2.91. The molecule has 0 spiro atoms. The Morgan fingerprint density at radius 1 is 1.47 bits per heavy atom. The molecule has 0 aliphatic heterocycles. The molecule has 2 heterocycles. The van der Waals surface area contributed by atoms with E-state index in [9.17, 15) is 4.79 Å². The van der Waals surface area contributed by atoms with Crippen LogP contribution in [0.1, 0.15) is 13.3 Å². The molecule has 1 unspecified atom stereocenters. The van der Waals surface area contributed by atoms with Crippen molar-refractivity contribution in [2.75, 3.05) is 11.9 Å². The number of amides is 1. The quantitative estimate of drug-likeness (QED) is 0.844. The summed E-state index contributed by atoms with van der Waals surface area (Å²) in [6, 6.07) is 5.37. The van der Waals surface area contributed by atoms with Crippen LogP contribution < -0.4 is 11.1 Å². The van der Waals surface area contributed by atoms with E-state index in [1.165, 1.54) is 0 Å². The Bertz CT molecular complexity index is 534. The Morgan fingerprint density at radius 2 is 2.32 bits per heavy atom. The Balaban J connectivity index is 2.24. The van der Waals surface area contributed by atoms with Crippen molar-refractivity contribution in [3.05, 3.63) is 36.8 Å². The van der Waals surface area contributed by atoms with E-state index in [-0.39, 0.29) is 11.8 Å². The van der Waals surface area contributed by atoms with Crippen molar-refractivity contribution >= 4 is 11.6 Å². The van der Waals surface area contributed by atoms with Crippen molar-refractivity contribution in [3.8, 4) is 5.82 Å². The Kier molecular flexibility index (Phi) is 4.25. The lowest BCUT2D eigenvalue weighted by Gasteiger charge is -2.14. The molecule has 2 rings (SSSR count).